The molecular weight excluding hydrogens is 406 g/mol. The summed E-state index contributed by atoms with van der Waals surface area (Å²) in [5.74, 6) is -0.528. The van der Waals surface area contributed by atoms with Gasteiger partial charge in [-0.15, -0.1) is 0 Å². The van der Waals surface area contributed by atoms with Gasteiger partial charge in [0.15, 0.2) is 0 Å². The third kappa shape index (κ3) is 3.82. The number of piperidine rings is 1. The molecule has 0 atom stereocenters. The Labute approximate surface area is 187 Å². The first-order valence-electron chi connectivity index (χ1n) is 11.1. The Morgan fingerprint density at radius 2 is 1.56 bits per heavy atom. The molecule has 2 heterocycles. The number of hydrogen-bond donors (Lipinski definition) is 0. The fraction of sp³-hybridized carbons (Fsp3) is 0.296. The molecular formula is C27H26F2N2O. The van der Waals surface area contributed by atoms with Crippen LogP contribution in [0, 0.1) is 18.6 Å². The lowest BCUT2D eigenvalue weighted by Gasteiger charge is -2.40. The molecule has 2 aliphatic heterocycles. The summed E-state index contributed by atoms with van der Waals surface area (Å²) in [6.07, 6.45) is 1.70. The lowest BCUT2D eigenvalue weighted by molar-refractivity contribution is 0.0975. The van der Waals surface area contributed by atoms with Crippen LogP contribution in [0.25, 0.3) is 0 Å². The van der Waals surface area contributed by atoms with Crippen molar-refractivity contribution in [1.29, 1.82) is 0 Å². The highest BCUT2D eigenvalue weighted by molar-refractivity contribution is 6.07. The van der Waals surface area contributed by atoms with Crippen LogP contribution in [0.5, 0.6) is 0 Å². The first-order valence-corrected chi connectivity index (χ1v) is 11.1. The van der Waals surface area contributed by atoms with Gasteiger partial charge < -0.3 is 4.90 Å². The van der Waals surface area contributed by atoms with E-state index in [9.17, 15) is 13.6 Å². The van der Waals surface area contributed by atoms with Gasteiger partial charge in [-0.25, -0.2) is 8.78 Å². The summed E-state index contributed by atoms with van der Waals surface area (Å²) in [5.41, 5.74) is 4.36. The summed E-state index contributed by atoms with van der Waals surface area (Å²) < 4.78 is 27.5. The number of amides is 1. The number of carbonyl (C=O) groups is 1. The molecule has 3 aromatic rings. The number of fused-ring (bicyclic) bond motifs is 2. The fourth-order valence-electron chi connectivity index (χ4n) is 5.09. The van der Waals surface area contributed by atoms with Crippen molar-refractivity contribution in [2.75, 3.05) is 24.5 Å². The van der Waals surface area contributed by atoms with E-state index in [2.05, 4.69) is 4.90 Å². The molecule has 3 nitrogen and oxygen atoms in total. The van der Waals surface area contributed by atoms with Crippen molar-refractivity contribution in [1.82, 2.24) is 4.90 Å². The van der Waals surface area contributed by atoms with E-state index in [1.807, 2.05) is 48.2 Å². The highest BCUT2D eigenvalue weighted by Gasteiger charge is 2.46. The van der Waals surface area contributed by atoms with Crippen molar-refractivity contribution in [3.63, 3.8) is 0 Å². The third-order valence-corrected chi connectivity index (χ3v) is 6.96. The summed E-state index contributed by atoms with van der Waals surface area (Å²) in [7, 11) is 0. The van der Waals surface area contributed by atoms with Crippen LogP contribution in [0.3, 0.4) is 0 Å². The average Bonchev–Trinajstić information content (AvgIpc) is 3.10. The zero-order valence-corrected chi connectivity index (χ0v) is 18.2. The minimum atomic E-state index is -0.262. The summed E-state index contributed by atoms with van der Waals surface area (Å²) in [5, 5.41) is 0. The number of aryl methyl sites for hydroxylation is 1. The van der Waals surface area contributed by atoms with E-state index < -0.39 is 0 Å². The first kappa shape index (κ1) is 20.8. The standard InChI is InChI=1S/C27H26F2N2O/c1-19-2-6-21(7-3-19)26(32)31-18-27(24-16-23(29)10-11-25(24)31)12-14-30(15-13-27)17-20-4-8-22(28)9-5-20/h2-11,16H,12-15,17-18H2,1H3. The molecule has 0 bridgehead atoms. The highest BCUT2D eigenvalue weighted by Crippen LogP contribution is 2.47. The molecule has 1 saturated heterocycles. The summed E-state index contributed by atoms with van der Waals surface area (Å²) in [6.45, 7) is 5.03. The summed E-state index contributed by atoms with van der Waals surface area (Å²) >= 11 is 0. The van der Waals surface area contributed by atoms with Gasteiger partial charge in [-0.2, -0.15) is 0 Å². The molecule has 1 amide bonds. The second kappa shape index (κ2) is 8.14. The molecule has 0 aliphatic carbocycles. The van der Waals surface area contributed by atoms with E-state index in [1.165, 1.54) is 18.2 Å². The zero-order chi connectivity index (χ0) is 22.3. The van der Waals surface area contributed by atoms with Gasteiger partial charge in [-0.05, 0) is 86.4 Å². The Bertz CT molecular complexity index is 1130. The van der Waals surface area contributed by atoms with Crippen LogP contribution in [0.1, 0.15) is 39.9 Å². The molecule has 5 heteroatoms. The van der Waals surface area contributed by atoms with E-state index in [0.717, 1.165) is 54.9 Å². The van der Waals surface area contributed by atoms with Crippen molar-refractivity contribution < 1.29 is 13.6 Å². The van der Waals surface area contributed by atoms with Gasteiger partial charge in [0, 0.05) is 29.8 Å². The largest absolute Gasteiger partial charge is 0.307 e. The Morgan fingerprint density at radius 1 is 0.906 bits per heavy atom. The van der Waals surface area contributed by atoms with Gasteiger partial charge in [0.2, 0.25) is 0 Å². The minimum absolute atomic E-state index is 0.0384. The Morgan fingerprint density at radius 3 is 2.25 bits per heavy atom. The summed E-state index contributed by atoms with van der Waals surface area (Å²) in [4.78, 5) is 17.5. The molecule has 1 fully saturated rings. The van der Waals surface area contributed by atoms with Crippen molar-refractivity contribution in [3.8, 4) is 0 Å². The van der Waals surface area contributed by atoms with Crippen LogP contribution in [0.2, 0.25) is 0 Å². The molecule has 0 N–H and O–H groups in total. The smallest absolute Gasteiger partial charge is 0.258 e. The molecule has 3 aromatic carbocycles. The lowest BCUT2D eigenvalue weighted by Crippen LogP contribution is -2.45. The summed E-state index contributed by atoms with van der Waals surface area (Å²) in [6, 6.07) is 19.0. The first-order chi connectivity index (χ1) is 15.4. The van der Waals surface area contributed by atoms with E-state index in [-0.39, 0.29) is 23.0 Å². The van der Waals surface area contributed by atoms with Crippen LogP contribution in [0.15, 0.2) is 66.7 Å². The third-order valence-electron chi connectivity index (χ3n) is 6.96. The topological polar surface area (TPSA) is 23.6 Å². The maximum absolute atomic E-state index is 14.2. The predicted molar refractivity (Wildman–Crippen MR) is 122 cm³/mol. The predicted octanol–water partition coefficient (Wildman–Crippen LogP) is 5.47. The molecule has 0 saturated carbocycles. The fourth-order valence-corrected chi connectivity index (χ4v) is 5.09. The molecule has 5 rings (SSSR count). The number of rotatable bonds is 3. The van der Waals surface area contributed by atoms with E-state index in [4.69, 9.17) is 0 Å². The Balaban J connectivity index is 1.38. The maximum Gasteiger partial charge on any atom is 0.258 e. The van der Waals surface area contributed by atoms with Crippen molar-refractivity contribution in [3.05, 3.63) is 101 Å². The molecule has 0 radical (unpaired) electrons. The van der Waals surface area contributed by atoms with Gasteiger partial charge in [0.1, 0.15) is 11.6 Å². The van der Waals surface area contributed by atoms with Gasteiger partial charge in [0.25, 0.3) is 5.91 Å². The molecule has 0 aromatic heterocycles. The molecule has 1 spiro atoms. The minimum Gasteiger partial charge on any atom is -0.307 e. The van der Waals surface area contributed by atoms with Crippen LogP contribution in [0.4, 0.5) is 14.5 Å². The van der Waals surface area contributed by atoms with Crippen molar-refractivity contribution >= 4 is 11.6 Å². The second-order valence-corrected chi connectivity index (χ2v) is 9.10. The number of carbonyl (C=O) groups excluding carboxylic acids is 1. The number of halogens is 2. The lowest BCUT2D eigenvalue weighted by atomic mass is 9.74. The van der Waals surface area contributed by atoms with Crippen LogP contribution in [-0.2, 0) is 12.0 Å². The number of nitrogens with zero attached hydrogens (tertiary/aromatic N) is 2. The van der Waals surface area contributed by atoms with Gasteiger partial charge in [0.05, 0.1) is 0 Å². The van der Waals surface area contributed by atoms with Gasteiger partial charge in [-0.1, -0.05) is 29.8 Å². The zero-order valence-electron chi connectivity index (χ0n) is 18.2. The van der Waals surface area contributed by atoms with Gasteiger partial charge in [-0.3, -0.25) is 9.69 Å². The number of benzene rings is 3. The average molecular weight is 433 g/mol. The van der Waals surface area contributed by atoms with Gasteiger partial charge >= 0.3 is 0 Å². The second-order valence-electron chi connectivity index (χ2n) is 9.10. The Hall–Kier alpha value is -3.05. The monoisotopic (exact) mass is 432 g/mol. The molecule has 0 unspecified atom stereocenters. The van der Waals surface area contributed by atoms with E-state index >= 15 is 0 Å². The van der Waals surface area contributed by atoms with Crippen LogP contribution in [-0.4, -0.2) is 30.4 Å². The van der Waals surface area contributed by atoms with Crippen LogP contribution >= 0.6 is 0 Å². The number of anilines is 1. The molecule has 2 aliphatic rings. The highest BCUT2D eigenvalue weighted by atomic mass is 19.1. The maximum atomic E-state index is 14.2. The molecule has 32 heavy (non-hydrogen) atoms. The SMILES string of the molecule is Cc1ccc(C(=O)N2CC3(CCN(Cc4ccc(F)cc4)CC3)c3cc(F)ccc32)cc1. The Kier molecular flexibility index (Phi) is 5.30. The normalized spacial score (nSPS) is 17.5. The van der Waals surface area contributed by atoms with E-state index in [0.29, 0.717) is 12.1 Å². The van der Waals surface area contributed by atoms with Crippen molar-refractivity contribution in [2.24, 2.45) is 0 Å². The molecule has 164 valence electrons. The quantitative estimate of drug-likeness (QED) is 0.548. The van der Waals surface area contributed by atoms with E-state index in [1.54, 1.807) is 12.1 Å². The van der Waals surface area contributed by atoms with Crippen molar-refractivity contribution in [2.45, 2.75) is 31.7 Å². The number of likely N-dealkylation sites (tertiary alicyclic amines) is 1. The number of hydrogen-bond acceptors (Lipinski definition) is 2. The van der Waals surface area contributed by atoms with Crippen LogP contribution < -0.4 is 4.90 Å².